The smallest absolute Gasteiger partial charge is 0.254 e. The molecule has 0 saturated heterocycles. The van der Waals surface area contributed by atoms with Crippen LogP contribution in [0.15, 0.2) is 83.9 Å². The minimum atomic E-state index is -0.205. The average Bonchev–Trinajstić information content (AvgIpc) is 2.74. The highest BCUT2D eigenvalue weighted by Crippen LogP contribution is 2.17. The number of nitrogens with zero attached hydrogens (tertiary/aromatic N) is 2. The first-order valence-electron chi connectivity index (χ1n) is 9.15. The maximum absolute atomic E-state index is 13.2. The Morgan fingerprint density at radius 3 is 2.55 bits per heavy atom. The predicted octanol–water partition coefficient (Wildman–Crippen LogP) is 4.42. The summed E-state index contributed by atoms with van der Waals surface area (Å²) in [4.78, 5) is 34.4. The Balaban J connectivity index is 1.70. The molecule has 144 valence electrons. The maximum Gasteiger partial charge on any atom is 0.254 e. The molecule has 0 aliphatic heterocycles. The van der Waals surface area contributed by atoms with Crippen molar-refractivity contribution in [3.8, 4) is 0 Å². The highest BCUT2D eigenvalue weighted by molar-refractivity contribution is 6.30. The number of aromatic amines is 1. The minimum Gasteiger partial charge on any atom is -0.330 e. The topological polar surface area (TPSA) is 66.1 Å². The van der Waals surface area contributed by atoms with Crippen LogP contribution in [0.25, 0.3) is 10.9 Å². The van der Waals surface area contributed by atoms with Gasteiger partial charge in [-0.05, 0) is 53.4 Å². The van der Waals surface area contributed by atoms with Crippen molar-refractivity contribution >= 4 is 28.4 Å². The van der Waals surface area contributed by atoms with E-state index in [1.165, 1.54) is 0 Å². The van der Waals surface area contributed by atoms with Crippen LogP contribution in [0.2, 0.25) is 5.02 Å². The van der Waals surface area contributed by atoms with Crippen LogP contribution in [0.3, 0.4) is 0 Å². The van der Waals surface area contributed by atoms with Gasteiger partial charge >= 0.3 is 0 Å². The summed E-state index contributed by atoms with van der Waals surface area (Å²) in [5.41, 5.74) is 2.48. The number of amides is 1. The van der Waals surface area contributed by atoms with Crippen molar-refractivity contribution in [1.82, 2.24) is 14.9 Å². The van der Waals surface area contributed by atoms with E-state index >= 15 is 0 Å². The quantitative estimate of drug-likeness (QED) is 0.536. The molecule has 29 heavy (non-hydrogen) atoms. The number of fused-ring (bicyclic) bond motifs is 1. The molecule has 4 aromatic rings. The van der Waals surface area contributed by atoms with Gasteiger partial charge in [0.15, 0.2) is 0 Å². The number of aromatic nitrogens is 2. The molecule has 1 N–H and O–H groups in total. The van der Waals surface area contributed by atoms with Crippen LogP contribution in [-0.2, 0) is 13.1 Å². The molecule has 2 aromatic heterocycles. The molecule has 6 heteroatoms. The fourth-order valence-corrected chi connectivity index (χ4v) is 3.33. The molecule has 1 amide bonds. The largest absolute Gasteiger partial charge is 0.330 e. The van der Waals surface area contributed by atoms with Crippen molar-refractivity contribution in [3.05, 3.63) is 111 Å². The molecule has 0 spiro atoms. The van der Waals surface area contributed by atoms with E-state index in [0.29, 0.717) is 22.7 Å². The Bertz CT molecular complexity index is 1200. The third-order valence-electron chi connectivity index (χ3n) is 4.67. The number of hydrogen-bond acceptors (Lipinski definition) is 3. The molecular weight excluding hydrogens is 386 g/mol. The maximum atomic E-state index is 13.2. The molecule has 0 bridgehead atoms. The summed E-state index contributed by atoms with van der Waals surface area (Å²) in [5, 5.41) is 1.48. The van der Waals surface area contributed by atoms with Gasteiger partial charge in [-0.1, -0.05) is 35.9 Å². The monoisotopic (exact) mass is 403 g/mol. The van der Waals surface area contributed by atoms with Crippen LogP contribution in [0, 0.1) is 0 Å². The van der Waals surface area contributed by atoms with E-state index in [0.717, 1.165) is 16.5 Å². The van der Waals surface area contributed by atoms with Gasteiger partial charge in [0.05, 0.1) is 6.54 Å². The van der Waals surface area contributed by atoms with Crippen molar-refractivity contribution in [3.63, 3.8) is 0 Å². The number of hydrogen-bond donors (Lipinski definition) is 1. The molecule has 0 unspecified atom stereocenters. The van der Waals surface area contributed by atoms with Crippen molar-refractivity contribution in [2.75, 3.05) is 0 Å². The first kappa shape index (κ1) is 18.9. The van der Waals surface area contributed by atoms with Crippen LogP contribution in [0.4, 0.5) is 0 Å². The van der Waals surface area contributed by atoms with Crippen molar-refractivity contribution in [2.24, 2.45) is 0 Å². The zero-order valence-corrected chi connectivity index (χ0v) is 16.3. The summed E-state index contributed by atoms with van der Waals surface area (Å²) in [6.07, 6.45) is 3.40. The number of carbonyl (C=O) groups is 1. The van der Waals surface area contributed by atoms with Gasteiger partial charge in [-0.25, -0.2) is 0 Å². The van der Waals surface area contributed by atoms with Gasteiger partial charge in [0.1, 0.15) is 0 Å². The first-order valence-corrected chi connectivity index (χ1v) is 9.52. The second kappa shape index (κ2) is 8.29. The Hall–Kier alpha value is -3.44. The number of nitrogens with one attached hydrogen (secondary N) is 1. The SMILES string of the molecule is O=C(c1ccc(Cl)cc1)N(Cc1cccnc1)Cc1cc2ccccc2[nH]c1=O. The lowest BCUT2D eigenvalue weighted by atomic mass is 10.1. The molecule has 0 aliphatic carbocycles. The molecule has 0 atom stereocenters. The van der Waals surface area contributed by atoms with Crippen molar-refractivity contribution in [1.29, 1.82) is 0 Å². The predicted molar refractivity (Wildman–Crippen MR) is 114 cm³/mol. The van der Waals surface area contributed by atoms with Crippen molar-refractivity contribution < 1.29 is 4.79 Å². The van der Waals surface area contributed by atoms with Crippen LogP contribution in [0.1, 0.15) is 21.5 Å². The van der Waals surface area contributed by atoms with E-state index in [1.807, 2.05) is 42.5 Å². The van der Waals surface area contributed by atoms with Crippen LogP contribution in [-0.4, -0.2) is 20.8 Å². The lowest BCUT2D eigenvalue weighted by Crippen LogP contribution is -2.32. The Labute approximate surface area is 172 Å². The van der Waals surface area contributed by atoms with Crippen molar-refractivity contribution in [2.45, 2.75) is 13.1 Å². The van der Waals surface area contributed by atoms with Gasteiger partial charge < -0.3 is 9.88 Å². The highest BCUT2D eigenvalue weighted by Gasteiger charge is 2.18. The molecule has 0 radical (unpaired) electrons. The van der Waals surface area contributed by atoms with Crippen LogP contribution < -0.4 is 5.56 Å². The number of rotatable bonds is 5. The number of para-hydroxylation sites is 1. The van der Waals surface area contributed by atoms with E-state index < -0.39 is 0 Å². The Morgan fingerprint density at radius 2 is 1.79 bits per heavy atom. The zero-order valence-electron chi connectivity index (χ0n) is 15.5. The fourth-order valence-electron chi connectivity index (χ4n) is 3.20. The summed E-state index contributed by atoms with van der Waals surface area (Å²) >= 11 is 5.95. The molecular formula is C23H18ClN3O2. The lowest BCUT2D eigenvalue weighted by Gasteiger charge is -2.23. The lowest BCUT2D eigenvalue weighted by molar-refractivity contribution is 0.0729. The summed E-state index contributed by atoms with van der Waals surface area (Å²) in [7, 11) is 0. The third kappa shape index (κ3) is 4.36. The molecule has 0 fully saturated rings. The second-order valence-electron chi connectivity index (χ2n) is 6.74. The summed E-state index contributed by atoms with van der Waals surface area (Å²) < 4.78 is 0. The van der Waals surface area contributed by atoms with E-state index in [2.05, 4.69) is 9.97 Å². The third-order valence-corrected chi connectivity index (χ3v) is 4.92. The standard InChI is InChI=1S/C23H18ClN3O2/c24-20-9-7-17(8-10-20)23(29)27(14-16-4-3-11-25-13-16)15-19-12-18-5-1-2-6-21(18)26-22(19)28/h1-13H,14-15H2,(H,26,28). The Morgan fingerprint density at radius 1 is 1.00 bits per heavy atom. The Kier molecular flexibility index (Phi) is 5.40. The first-order chi connectivity index (χ1) is 14.1. The second-order valence-corrected chi connectivity index (χ2v) is 7.18. The van der Waals surface area contributed by atoms with Gasteiger partial charge in [0.25, 0.3) is 11.5 Å². The molecule has 0 saturated carbocycles. The molecule has 2 heterocycles. The number of carbonyl (C=O) groups excluding carboxylic acids is 1. The van der Waals surface area contributed by atoms with Gasteiger partial charge in [-0.15, -0.1) is 0 Å². The zero-order chi connectivity index (χ0) is 20.2. The summed E-state index contributed by atoms with van der Waals surface area (Å²) in [6, 6.07) is 19.9. The van der Waals surface area contributed by atoms with E-state index in [-0.39, 0.29) is 18.0 Å². The molecule has 4 rings (SSSR count). The molecule has 5 nitrogen and oxygen atoms in total. The molecule has 0 aliphatic rings. The fraction of sp³-hybridized carbons (Fsp3) is 0.0870. The number of H-pyrrole nitrogens is 1. The van der Waals surface area contributed by atoms with Crippen LogP contribution in [0.5, 0.6) is 0 Å². The van der Waals surface area contributed by atoms with E-state index in [1.54, 1.807) is 41.6 Å². The van der Waals surface area contributed by atoms with Gasteiger partial charge in [-0.2, -0.15) is 0 Å². The number of halogens is 1. The van der Waals surface area contributed by atoms with Gasteiger partial charge in [0.2, 0.25) is 0 Å². The average molecular weight is 404 g/mol. The van der Waals surface area contributed by atoms with Gasteiger partial charge in [-0.3, -0.25) is 14.6 Å². The van der Waals surface area contributed by atoms with Gasteiger partial charge in [0, 0.05) is 40.6 Å². The minimum absolute atomic E-state index is 0.177. The number of benzene rings is 2. The van der Waals surface area contributed by atoms with E-state index in [4.69, 9.17) is 11.6 Å². The molecule has 2 aromatic carbocycles. The van der Waals surface area contributed by atoms with Crippen LogP contribution >= 0.6 is 11.6 Å². The summed E-state index contributed by atoms with van der Waals surface area (Å²) in [6.45, 7) is 0.512. The van der Waals surface area contributed by atoms with E-state index in [9.17, 15) is 9.59 Å². The summed E-state index contributed by atoms with van der Waals surface area (Å²) in [5.74, 6) is -0.182. The highest BCUT2D eigenvalue weighted by atomic mass is 35.5. The number of pyridine rings is 2. The normalized spacial score (nSPS) is 10.8.